The summed E-state index contributed by atoms with van der Waals surface area (Å²) in [7, 11) is 0. The number of thioether (sulfide) groups is 1. The van der Waals surface area contributed by atoms with Crippen molar-refractivity contribution in [2.24, 2.45) is 0 Å². The molecule has 0 saturated heterocycles. The molecule has 1 aromatic heterocycles. The van der Waals surface area contributed by atoms with Crippen molar-refractivity contribution in [1.29, 1.82) is 0 Å². The molecular weight excluding hydrogens is 601 g/mol. The minimum Gasteiger partial charge on any atom is -0.406 e. The van der Waals surface area contributed by atoms with E-state index in [9.17, 15) is 18.0 Å². The van der Waals surface area contributed by atoms with Crippen LogP contribution in [0, 0.1) is 6.92 Å². The van der Waals surface area contributed by atoms with Gasteiger partial charge in [0.15, 0.2) is 11.3 Å². The zero-order chi connectivity index (χ0) is 32.1. The second kappa shape index (κ2) is 13.5. The Hall–Kier alpha value is -4.71. The Kier molecular flexibility index (Phi) is 9.52. The minimum atomic E-state index is -4.75. The molecule has 0 aliphatic carbocycles. The van der Waals surface area contributed by atoms with E-state index in [0.717, 1.165) is 35.4 Å². The van der Waals surface area contributed by atoms with Gasteiger partial charge in [0.2, 0.25) is 0 Å². The molecular formula is C33H33F3N6O2S. The monoisotopic (exact) mass is 634 g/mol. The van der Waals surface area contributed by atoms with Crippen LogP contribution in [0.4, 0.5) is 23.7 Å². The number of amides is 2. The molecule has 2 N–H and O–H groups in total. The van der Waals surface area contributed by atoms with Crippen molar-refractivity contribution in [2.75, 3.05) is 4.90 Å². The molecule has 45 heavy (non-hydrogen) atoms. The summed E-state index contributed by atoms with van der Waals surface area (Å²) >= 11 is 1.56. The molecule has 4 aromatic rings. The van der Waals surface area contributed by atoms with Gasteiger partial charge in [-0.1, -0.05) is 61.5 Å². The number of hydrogen-bond acceptors (Lipinski definition) is 6. The van der Waals surface area contributed by atoms with E-state index in [1.54, 1.807) is 11.8 Å². The molecule has 0 spiro atoms. The Morgan fingerprint density at radius 2 is 1.80 bits per heavy atom. The van der Waals surface area contributed by atoms with Crippen molar-refractivity contribution < 1.29 is 22.7 Å². The molecule has 234 valence electrons. The average molecular weight is 635 g/mol. The second-order valence-electron chi connectivity index (χ2n) is 10.6. The first-order valence-corrected chi connectivity index (χ1v) is 15.3. The van der Waals surface area contributed by atoms with E-state index in [4.69, 9.17) is 0 Å². The van der Waals surface area contributed by atoms with Gasteiger partial charge in [-0.05, 0) is 85.7 Å². The number of hydrogen-bond donors (Lipinski definition) is 2. The Morgan fingerprint density at radius 1 is 1.07 bits per heavy atom. The molecule has 2 heterocycles. The topological polar surface area (TPSA) is 84.3 Å². The predicted octanol–water partition coefficient (Wildman–Crippen LogP) is 8.15. The van der Waals surface area contributed by atoms with Crippen LogP contribution in [-0.4, -0.2) is 32.7 Å². The second-order valence-corrected chi connectivity index (χ2v) is 11.6. The fourth-order valence-corrected chi connectivity index (χ4v) is 5.94. The van der Waals surface area contributed by atoms with Gasteiger partial charge in [-0.25, -0.2) is 14.5 Å². The lowest BCUT2D eigenvalue weighted by molar-refractivity contribution is -0.274. The number of aryl methyl sites for hydroxylation is 2. The summed E-state index contributed by atoms with van der Waals surface area (Å²) in [5, 5.41) is 12.5. The van der Waals surface area contributed by atoms with Crippen molar-refractivity contribution in [3.63, 3.8) is 0 Å². The number of halogens is 3. The summed E-state index contributed by atoms with van der Waals surface area (Å²) in [6.07, 6.45) is 0.588. The number of rotatable bonds is 9. The lowest BCUT2D eigenvalue weighted by atomic mass is 10.0. The summed E-state index contributed by atoms with van der Waals surface area (Å²) in [6, 6.07) is 19.0. The Balaban J connectivity index is 1.20. The summed E-state index contributed by atoms with van der Waals surface area (Å²) in [4.78, 5) is 19.5. The highest BCUT2D eigenvalue weighted by molar-refractivity contribution is 8.03. The molecule has 1 aliphatic heterocycles. The third-order valence-corrected chi connectivity index (χ3v) is 8.01. The van der Waals surface area contributed by atoms with Gasteiger partial charge < -0.3 is 20.3 Å². The maximum atomic E-state index is 13.0. The van der Waals surface area contributed by atoms with Gasteiger partial charge >= 0.3 is 12.4 Å². The fraction of sp³-hybridized carbons (Fsp3) is 0.242. The van der Waals surface area contributed by atoms with Crippen LogP contribution in [0.2, 0.25) is 0 Å². The number of anilines is 1. The van der Waals surface area contributed by atoms with Gasteiger partial charge in [0, 0.05) is 22.6 Å². The van der Waals surface area contributed by atoms with Crippen LogP contribution in [0.5, 0.6) is 5.75 Å². The smallest absolute Gasteiger partial charge is 0.406 e. The zero-order valence-corrected chi connectivity index (χ0v) is 26.0. The molecule has 5 rings (SSSR count). The number of nitrogens with zero attached hydrogens (tertiary/aromatic N) is 4. The molecule has 8 nitrogen and oxygen atoms in total. The number of aromatic nitrogens is 3. The van der Waals surface area contributed by atoms with Gasteiger partial charge in [-0.2, -0.15) is 0 Å². The van der Waals surface area contributed by atoms with Gasteiger partial charge in [0.25, 0.3) is 0 Å². The average Bonchev–Trinajstić information content (AvgIpc) is 3.61. The molecule has 12 heteroatoms. The third-order valence-electron chi connectivity index (χ3n) is 6.95. The van der Waals surface area contributed by atoms with Crippen LogP contribution in [0.25, 0.3) is 23.2 Å². The summed E-state index contributed by atoms with van der Waals surface area (Å²) in [6.45, 7) is 8.11. The molecule has 3 aromatic carbocycles. The first kappa shape index (κ1) is 31.7. The van der Waals surface area contributed by atoms with Crippen molar-refractivity contribution >= 4 is 29.6 Å². The van der Waals surface area contributed by atoms with E-state index in [2.05, 4.69) is 67.8 Å². The molecule has 1 atom stereocenters. The number of carbonyl (C=O) groups excluding carboxylic acids is 1. The van der Waals surface area contributed by atoms with Gasteiger partial charge in [-0.15, -0.1) is 18.3 Å². The van der Waals surface area contributed by atoms with E-state index < -0.39 is 6.36 Å². The highest BCUT2D eigenvalue weighted by Gasteiger charge is 2.31. The van der Waals surface area contributed by atoms with Crippen molar-refractivity contribution in [3.05, 3.63) is 107 Å². The van der Waals surface area contributed by atoms with E-state index in [1.807, 2.05) is 44.2 Å². The van der Waals surface area contributed by atoms with Crippen LogP contribution in [0.3, 0.4) is 0 Å². The van der Waals surface area contributed by atoms with E-state index >= 15 is 0 Å². The van der Waals surface area contributed by atoms with Gasteiger partial charge in [0.05, 0.1) is 5.69 Å². The number of benzene rings is 3. The lowest BCUT2D eigenvalue weighted by Crippen LogP contribution is -2.47. The van der Waals surface area contributed by atoms with Crippen molar-refractivity contribution in [2.45, 2.75) is 52.4 Å². The summed E-state index contributed by atoms with van der Waals surface area (Å²) < 4.78 is 42.7. The zero-order valence-electron chi connectivity index (χ0n) is 25.2. The maximum Gasteiger partial charge on any atom is 0.573 e. The van der Waals surface area contributed by atoms with Crippen LogP contribution >= 0.6 is 11.8 Å². The Morgan fingerprint density at radius 3 is 2.49 bits per heavy atom. The lowest BCUT2D eigenvalue weighted by Gasteiger charge is -2.30. The van der Waals surface area contributed by atoms with Gasteiger partial charge in [-0.3, -0.25) is 0 Å². The molecule has 1 unspecified atom stereocenters. The van der Waals surface area contributed by atoms with Gasteiger partial charge in [0.1, 0.15) is 12.1 Å². The minimum absolute atomic E-state index is 0.270. The number of ether oxygens (including phenoxy) is 1. The van der Waals surface area contributed by atoms with E-state index in [-0.39, 0.29) is 17.3 Å². The normalized spacial score (nSPS) is 15.2. The van der Waals surface area contributed by atoms with Crippen LogP contribution in [-0.2, 0) is 6.42 Å². The number of carbonyl (C=O) groups is 1. The van der Waals surface area contributed by atoms with Crippen LogP contribution in [0.15, 0.2) is 89.9 Å². The number of alkyl halides is 3. The predicted molar refractivity (Wildman–Crippen MR) is 172 cm³/mol. The molecule has 0 fully saturated rings. The highest BCUT2D eigenvalue weighted by Crippen LogP contribution is 2.37. The number of allylic oxidation sites excluding steroid dienone is 2. The standard InChI is InChI=1S/C33H33F3N6O2S/c1-5-6-25-10-7-21(2)17-29(25)42-23(4)19-45-32(42)39-31(43)38-22(3)18-24-8-11-26(12-9-24)30-37-20-41(40-30)27-13-15-28(16-14-27)44-33(34,35)36/h7-20,32H,5-6H2,1-4H3,(H2,38,39,43)/b22-18+. The van der Waals surface area contributed by atoms with Crippen LogP contribution in [0.1, 0.15) is 43.9 Å². The molecule has 0 bridgehead atoms. The number of urea groups is 1. The largest absolute Gasteiger partial charge is 0.573 e. The Bertz CT molecular complexity index is 1720. The van der Waals surface area contributed by atoms with E-state index in [0.29, 0.717) is 17.2 Å². The molecule has 2 amide bonds. The quantitative estimate of drug-likeness (QED) is 0.193. The summed E-state index contributed by atoms with van der Waals surface area (Å²) in [5.41, 5.74) is 7.17. The Labute approximate surface area is 264 Å². The SMILES string of the molecule is CCCc1ccc(C)cc1N1C(C)=CSC1NC(=O)N/C(C)=C/c1ccc(-c2ncn(-c3ccc(OC(F)(F)F)cc3)n2)cc1. The molecule has 0 saturated carbocycles. The fourth-order valence-electron chi connectivity index (χ4n) is 4.92. The highest BCUT2D eigenvalue weighted by atomic mass is 32.2. The molecule has 1 aliphatic rings. The third kappa shape index (κ3) is 8.07. The van der Waals surface area contributed by atoms with Crippen molar-refractivity contribution in [1.82, 2.24) is 25.4 Å². The maximum absolute atomic E-state index is 13.0. The first-order chi connectivity index (χ1) is 21.5. The van der Waals surface area contributed by atoms with E-state index in [1.165, 1.54) is 46.4 Å². The number of nitrogens with one attached hydrogen (secondary N) is 2. The molecule has 0 radical (unpaired) electrons. The van der Waals surface area contributed by atoms with Crippen molar-refractivity contribution in [3.8, 4) is 22.8 Å². The van der Waals surface area contributed by atoms with Crippen LogP contribution < -0.4 is 20.3 Å². The first-order valence-electron chi connectivity index (χ1n) is 14.3. The summed E-state index contributed by atoms with van der Waals surface area (Å²) in [5.74, 6) is 0.140.